The third-order valence-corrected chi connectivity index (χ3v) is 3.47. The summed E-state index contributed by atoms with van der Waals surface area (Å²) in [6.07, 6.45) is 4.91. The molecule has 0 amide bonds. The zero-order chi connectivity index (χ0) is 11.0. The lowest BCUT2D eigenvalue weighted by molar-refractivity contribution is -0.134. The fourth-order valence-electron chi connectivity index (χ4n) is 2.66. The van der Waals surface area contributed by atoms with E-state index in [9.17, 15) is 4.79 Å². The summed E-state index contributed by atoms with van der Waals surface area (Å²) in [6, 6.07) is 0. The van der Waals surface area contributed by atoms with Crippen molar-refractivity contribution in [2.75, 3.05) is 0 Å². The molecule has 0 saturated heterocycles. The summed E-state index contributed by atoms with van der Waals surface area (Å²) in [6.45, 7) is 9.07. The van der Waals surface area contributed by atoms with Gasteiger partial charge in [-0.1, -0.05) is 6.58 Å². The third-order valence-electron chi connectivity index (χ3n) is 3.47. The summed E-state index contributed by atoms with van der Waals surface area (Å²) >= 11 is 0. The van der Waals surface area contributed by atoms with Crippen LogP contribution in [0.25, 0.3) is 0 Å². The van der Waals surface area contributed by atoms with Crippen LogP contribution in [-0.2, 0) is 9.53 Å². The first-order valence-electron chi connectivity index (χ1n) is 5.50. The topological polar surface area (TPSA) is 26.3 Å². The van der Waals surface area contributed by atoms with E-state index in [4.69, 9.17) is 4.74 Å². The minimum Gasteiger partial charge on any atom is -0.428 e. The van der Waals surface area contributed by atoms with Crippen molar-refractivity contribution in [3.05, 3.63) is 30.4 Å². The number of fused-ring (bicyclic) bond motifs is 2. The Morgan fingerprint density at radius 1 is 1.47 bits per heavy atom. The van der Waals surface area contributed by atoms with Gasteiger partial charge in [0.1, 0.15) is 5.76 Å². The van der Waals surface area contributed by atoms with E-state index in [1.165, 1.54) is 24.8 Å². The molecule has 0 heterocycles. The molecule has 15 heavy (non-hydrogen) atoms. The van der Waals surface area contributed by atoms with Crippen LogP contribution in [0.2, 0.25) is 0 Å². The SMILES string of the molecule is [CH2]C(OC(=O)C(=C)C)=C1CC2CCC1C2. The second-order valence-electron chi connectivity index (χ2n) is 4.70. The van der Waals surface area contributed by atoms with E-state index in [1.54, 1.807) is 6.92 Å². The van der Waals surface area contributed by atoms with Crippen LogP contribution in [0, 0.1) is 18.8 Å². The van der Waals surface area contributed by atoms with Gasteiger partial charge in [-0.2, -0.15) is 0 Å². The summed E-state index contributed by atoms with van der Waals surface area (Å²) in [5, 5.41) is 0. The Hall–Kier alpha value is -1.05. The largest absolute Gasteiger partial charge is 0.428 e. The highest BCUT2D eigenvalue weighted by molar-refractivity contribution is 5.87. The maximum atomic E-state index is 11.3. The lowest BCUT2D eigenvalue weighted by Crippen LogP contribution is -2.08. The number of ether oxygens (including phenoxy) is 1. The molecule has 2 aliphatic rings. The van der Waals surface area contributed by atoms with Gasteiger partial charge in [0.2, 0.25) is 0 Å². The number of carbonyl (C=O) groups excluding carboxylic acids is 1. The molecule has 0 aromatic heterocycles. The maximum absolute atomic E-state index is 11.3. The van der Waals surface area contributed by atoms with Gasteiger partial charge in [-0.05, 0) is 50.0 Å². The molecule has 0 N–H and O–H groups in total. The summed E-state index contributed by atoms with van der Waals surface area (Å²) in [5.74, 6) is 1.66. The minimum atomic E-state index is -0.352. The first-order valence-corrected chi connectivity index (χ1v) is 5.50. The summed E-state index contributed by atoms with van der Waals surface area (Å²) < 4.78 is 5.18. The molecule has 0 aromatic rings. The summed E-state index contributed by atoms with van der Waals surface area (Å²) in [5.41, 5.74) is 1.70. The fraction of sp³-hybridized carbons (Fsp3) is 0.538. The van der Waals surface area contributed by atoms with Crippen molar-refractivity contribution >= 4 is 5.97 Å². The van der Waals surface area contributed by atoms with Crippen molar-refractivity contribution in [3.63, 3.8) is 0 Å². The second-order valence-corrected chi connectivity index (χ2v) is 4.70. The molecular weight excluding hydrogens is 188 g/mol. The molecule has 0 spiro atoms. The number of allylic oxidation sites excluding steroid dienone is 2. The van der Waals surface area contributed by atoms with Crippen LogP contribution in [0.3, 0.4) is 0 Å². The van der Waals surface area contributed by atoms with Gasteiger partial charge in [-0.3, -0.25) is 0 Å². The van der Waals surface area contributed by atoms with E-state index >= 15 is 0 Å². The fourth-order valence-corrected chi connectivity index (χ4v) is 2.66. The molecule has 2 atom stereocenters. The van der Waals surface area contributed by atoms with Crippen LogP contribution >= 0.6 is 0 Å². The lowest BCUT2D eigenvalue weighted by Gasteiger charge is -2.16. The second kappa shape index (κ2) is 3.84. The van der Waals surface area contributed by atoms with Crippen LogP contribution in [-0.4, -0.2) is 5.97 Å². The molecule has 2 fully saturated rings. The van der Waals surface area contributed by atoms with Gasteiger partial charge in [0.05, 0.1) is 0 Å². The van der Waals surface area contributed by atoms with Crippen molar-refractivity contribution in [1.29, 1.82) is 0 Å². The molecule has 2 heteroatoms. The standard InChI is InChI=1S/C13H17O2/c1-8(2)13(14)15-9(3)12-7-10-4-5-11(12)6-10/h10-11H,1,3-7H2,2H3. The first kappa shape index (κ1) is 10.5. The average Bonchev–Trinajstić information content (AvgIpc) is 2.78. The molecule has 81 valence electrons. The quantitative estimate of drug-likeness (QED) is 0.393. The Morgan fingerprint density at radius 3 is 2.67 bits per heavy atom. The Kier molecular flexibility index (Phi) is 2.68. The van der Waals surface area contributed by atoms with E-state index in [0.717, 1.165) is 12.3 Å². The number of hydrogen-bond donors (Lipinski definition) is 0. The molecule has 2 unspecified atom stereocenters. The van der Waals surface area contributed by atoms with Gasteiger partial charge in [0, 0.05) is 12.5 Å². The highest BCUT2D eigenvalue weighted by Crippen LogP contribution is 2.49. The van der Waals surface area contributed by atoms with Crippen LogP contribution in [0.5, 0.6) is 0 Å². The zero-order valence-corrected chi connectivity index (χ0v) is 9.21. The Bertz CT molecular complexity index is 338. The predicted octanol–water partition coefficient (Wildman–Crippen LogP) is 3.01. The van der Waals surface area contributed by atoms with E-state index in [-0.39, 0.29) is 5.97 Å². The van der Waals surface area contributed by atoms with E-state index in [1.807, 2.05) is 0 Å². The highest BCUT2D eigenvalue weighted by atomic mass is 16.5. The highest BCUT2D eigenvalue weighted by Gasteiger charge is 2.37. The van der Waals surface area contributed by atoms with Crippen LogP contribution in [0.15, 0.2) is 23.5 Å². The number of hydrogen-bond acceptors (Lipinski definition) is 2. The van der Waals surface area contributed by atoms with Gasteiger partial charge in [-0.25, -0.2) is 4.79 Å². The van der Waals surface area contributed by atoms with Crippen LogP contribution < -0.4 is 0 Å². The Morgan fingerprint density at radius 2 is 2.20 bits per heavy atom. The van der Waals surface area contributed by atoms with E-state index in [0.29, 0.717) is 17.3 Å². The van der Waals surface area contributed by atoms with Crippen LogP contribution in [0.1, 0.15) is 32.6 Å². The van der Waals surface area contributed by atoms with Gasteiger partial charge in [-0.15, -0.1) is 0 Å². The van der Waals surface area contributed by atoms with Crippen molar-refractivity contribution in [1.82, 2.24) is 0 Å². The lowest BCUT2D eigenvalue weighted by atomic mass is 9.94. The predicted molar refractivity (Wildman–Crippen MR) is 58.7 cm³/mol. The third kappa shape index (κ3) is 1.99. The monoisotopic (exact) mass is 205 g/mol. The van der Waals surface area contributed by atoms with Crippen molar-refractivity contribution in [2.24, 2.45) is 11.8 Å². The first-order chi connectivity index (χ1) is 7.08. The minimum absolute atomic E-state index is 0.352. The maximum Gasteiger partial charge on any atom is 0.338 e. The molecule has 2 rings (SSSR count). The summed E-state index contributed by atoms with van der Waals surface area (Å²) in [7, 11) is 0. The van der Waals surface area contributed by atoms with Gasteiger partial charge in [0.15, 0.2) is 0 Å². The average molecular weight is 205 g/mol. The van der Waals surface area contributed by atoms with Crippen molar-refractivity contribution in [2.45, 2.75) is 32.6 Å². The van der Waals surface area contributed by atoms with Gasteiger partial charge in [0.25, 0.3) is 0 Å². The molecule has 0 aromatic carbocycles. The Balaban J connectivity index is 2.06. The van der Waals surface area contributed by atoms with Crippen LogP contribution in [0.4, 0.5) is 0 Å². The normalized spacial score (nSPS) is 31.6. The molecule has 2 aliphatic carbocycles. The molecule has 1 radical (unpaired) electrons. The van der Waals surface area contributed by atoms with Gasteiger partial charge < -0.3 is 4.74 Å². The molecular formula is C13H17O2. The molecule has 2 nitrogen and oxygen atoms in total. The Labute approximate surface area is 91.0 Å². The van der Waals surface area contributed by atoms with Gasteiger partial charge >= 0.3 is 5.97 Å². The van der Waals surface area contributed by atoms with E-state index in [2.05, 4.69) is 13.5 Å². The van der Waals surface area contributed by atoms with Crippen molar-refractivity contribution < 1.29 is 9.53 Å². The number of carbonyl (C=O) groups is 1. The van der Waals surface area contributed by atoms with E-state index < -0.39 is 0 Å². The summed E-state index contributed by atoms with van der Waals surface area (Å²) in [4.78, 5) is 11.3. The molecule has 0 aliphatic heterocycles. The molecule has 2 bridgehead atoms. The zero-order valence-electron chi connectivity index (χ0n) is 9.21. The number of rotatable bonds is 2. The smallest absolute Gasteiger partial charge is 0.338 e. The molecule has 2 saturated carbocycles. The number of esters is 1. The van der Waals surface area contributed by atoms with Crippen molar-refractivity contribution in [3.8, 4) is 0 Å².